The molecular formula is C13H15F3N2O2. The van der Waals surface area contributed by atoms with Gasteiger partial charge < -0.3 is 15.7 Å². The summed E-state index contributed by atoms with van der Waals surface area (Å²) in [5.41, 5.74) is -0.756. The second kappa shape index (κ2) is 6.95. The van der Waals surface area contributed by atoms with Gasteiger partial charge in [0.2, 0.25) is 0 Å². The maximum atomic E-state index is 12.5. The molecule has 0 aliphatic heterocycles. The van der Waals surface area contributed by atoms with Crippen molar-refractivity contribution in [3.63, 3.8) is 0 Å². The van der Waals surface area contributed by atoms with Crippen molar-refractivity contribution in [2.75, 3.05) is 13.1 Å². The minimum Gasteiger partial charge on any atom is -0.387 e. The molecule has 1 atom stereocenters. The Morgan fingerprint density at radius 1 is 1.40 bits per heavy atom. The zero-order valence-electron chi connectivity index (χ0n) is 10.6. The van der Waals surface area contributed by atoms with Gasteiger partial charge in [-0.05, 0) is 17.7 Å². The predicted molar refractivity (Wildman–Crippen MR) is 68.0 cm³/mol. The number of aliphatic hydroxyl groups excluding tert-OH is 1. The van der Waals surface area contributed by atoms with Gasteiger partial charge in [0.1, 0.15) is 0 Å². The minimum atomic E-state index is -4.47. The maximum Gasteiger partial charge on any atom is 0.416 e. The van der Waals surface area contributed by atoms with E-state index in [-0.39, 0.29) is 18.7 Å². The molecule has 0 saturated heterocycles. The van der Waals surface area contributed by atoms with Gasteiger partial charge in [-0.15, -0.1) is 6.58 Å². The fourth-order valence-electron chi connectivity index (χ4n) is 1.46. The topological polar surface area (TPSA) is 61.4 Å². The molecule has 0 heterocycles. The van der Waals surface area contributed by atoms with Crippen LogP contribution in [-0.4, -0.2) is 24.2 Å². The van der Waals surface area contributed by atoms with Gasteiger partial charge in [-0.25, -0.2) is 4.79 Å². The highest BCUT2D eigenvalue weighted by Gasteiger charge is 2.30. The van der Waals surface area contributed by atoms with E-state index >= 15 is 0 Å². The van der Waals surface area contributed by atoms with Crippen LogP contribution in [0.3, 0.4) is 0 Å². The molecule has 0 spiro atoms. The first kappa shape index (κ1) is 16.0. The molecule has 0 aliphatic rings. The van der Waals surface area contributed by atoms with Gasteiger partial charge in [0.25, 0.3) is 0 Å². The molecule has 7 heteroatoms. The number of urea groups is 1. The molecule has 1 aromatic carbocycles. The molecule has 4 nitrogen and oxygen atoms in total. The van der Waals surface area contributed by atoms with Crippen LogP contribution in [0.15, 0.2) is 36.9 Å². The molecule has 3 N–H and O–H groups in total. The Hall–Kier alpha value is -2.02. The molecule has 110 valence electrons. The summed E-state index contributed by atoms with van der Waals surface area (Å²) in [4.78, 5) is 11.2. The smallest absolute Gasteiger partial charge is 0.387 e. The van der Waals surface area contributed by atoms with E-state index < -0.39 is 23.9 Å². The van der Waals surface area contributed by atoms with Gasteiger partial charge in [0, 0.05) is 13.1 Å². The van der Waals surface area contributed by atoms with Gasteiger partial charge in [0.05, 0.1) is 11.7 Å². The number of nitrogens with one attached hydrogen (secondary N) is 2. The second-order valence-electron chi connectivity index (χ2n) is 4.02. The Balaban J connectivity index is 2.61. The van der Waals surface area contributed by atoms with E-state index in [9.17, 15) is 23.1 Å². The molecule has 0 aliphatic carbocycles. The summed E-state index contributed by atoms with van der Waals surface area (Å²) in [5.74, 6) is 0. The fraction of sp³-hybridized carbons (Fsp3) is 0.308. The van der Waals surface area contributed by atoms with Crippen molar-refractivity contribution in [1.29, 1.82) is 0 Å². The molecule has 0 bridgehead atoms. The fourth-order valence-corrected chi connectivity index (χ4v) is 1.46. The third-order valence-corrected chi connectivity index (χ3v) is 2.46. The van der Waals surface area contributed by atoms with Crippen molar-refractivity contribution in [2.24, 2.45) is 0 Å². The number of hydrogen-bond acceptors (Lipinski definition) is 2. The molecule has 20 heavy (non-hydrogen) atoms. The van der Waals surface area contributed by atoms with Gasteiger partial charge in [-0.3, -0.25) is 0 Å². The van der Waals surface area contributed by atoms with Crippen LogP contribution in [-0.2, 0) is 6.18 Å². The standard InChI is InChI=1S/C13H15F3N2O2/c1-2-6-17-12(20)18-8-11(19)9-4-3-5-10(7-9)13(14,15)16/h2-5,7,11,19H,1,6,8H2,(H2,17,18,20)/t11-/m1/s1. The largest absolute Gasteiger partial charge is 0.416 e. The summed E-state index contributed by atoms with van der Waals surface area (Å²) in [7, 11) is 0. The summed E-state index contributed by atoms with van der Waals surface area (Å²) >= 11 is 0. The maximum absolute atomic E-state index is 12.5. The third-order valence-electron chi connectivity index (χ3n) is 2.46. The Labute approximate surface area is 114 Å². The van der Waals surface area contributed by atoms with Crippen molar-refractivity contribution in [1.82, 2.24) is 10.6 Å². The molecule has 1 rings (SSSR count). The quantitative estimate of drug-likeness (QED) is 0.728. The lowest BCUT2D eigenvalue weighted by Gasteiger charge is -2.14. The zero-order chi connectivity index (χ0) is 15.2. The van der Waals surface area contributed by atoms with Crippen molar-refractivity contribution in [3.8, 4) is 0 Å². The molecule has 0 saturated carbocycles. The number of alkyl halides is 3. The SMILES string of the molecule is C=CCNC(=O)NC[C@@H](O)c1cccc(C(F)(F)F)c1. The number of halogens is 3. The van der Waals surface area contributed by atoms with Crippen LogP contribution in [0.1, 0.15) is 17.2 Å². The van der Waals surface area contributed by atoms with Gasteiger partial charge >= 0.3 is 12.2 Å². The molecule has 0 aromatic heterocycles. The number of benzene rings is 1. The van der Waals surface area contributed by atoms with Crippen LogP contribution in [0, 0.1) is 0 Å². The van der Waals surface area contributed by atoms with E-state index in [4.69, 9.17) is 0 Å². The van der Waals surface area contributed by atoms with E-state index in [1.807, 2.05) is 0 Å². The highest BCUT2D eigenvalue weighted by Crippen LogP contribution is 2.30. The summed E-state index contributed by atoms with van der Waals surface area (Å²) in [5, 5.41) is 14.5. The molecule has 0 radical (unpaired) electrons. The monoisotopic (exact) mass is 288 g/mol. The summed E-state index contributed by atoms with van der Waals surface area (Å²) in [6.07, 6.45) is -4.21. The Morgan fingerprint density at radius 3 is 2.70 bits per heavy atom. The number of hydrogen-bond donors (Lipinski definition) is 3. The average Bonchev–Trinajstić information content (AvgIpc) is 2.41. The van der Waals surface area contributed by atoms with E-state index in [0.29, 0.717) is 0 Å². The normalized spacial score (nSPS) is 12.6. The third kappa shape index (κ3) is 4.93. The number of carbonyl (C=O) groups excluding carboxylic acids is 1. The lowest BCUT2D eigenvalue weighted by molar-refractivity contribution is -0.137. The van der Waals surface area contributed by atoms with E-state index in [0.717, 1.165) is 12.1 Å². The number of aliphatic hydroxyl groups is 1. The number of amides is 2. The zero-order valence-corrected chi connectivity index (χ0v) is 10.6. The lowest BCUT2D eigenvalue weighted by Crippen LogP contribution is -2.37. The van der Waals surface area contributed by atoms with Crippen LogP contribution in [0.2, 0.25) is 0 Å². The highest BCUT2D eigenvalue weighted by atomic mass is 19.4. The summed E-state index contributed by atoms with van der Waals surface area (Å²) in [6, 6.07) is 3.81. The highest BCUT2D eigenvalue weighted by molar-refractivity contribution is 5.73. The first-order valence-electron chi connectivity index (χ1n) is 5.82. The van der Waals surface area contributed by atoms with Crippen molar-refractivity contribution >= 4 is 6.03 Å². The Morgan fingerprint density at radius 2 is 2.10 bits per heavy atom. The molecule has 2 amide bonds. The Kier molecular flexibility index (Phi) is 5.57. The van der Waals surface area contributed by atoms with Crippen LogP contribution >= 0.6 is 0 Å². The average molecular weight is 288 g/mol. The Bertz CT molecular complexity index is 475. The first-order chi connectivity index (χ1) is 9.34. The minimum absolute atomic E-state index is 0.0869. The van der Waals surface area contributed by atoms with Gasteiger partial charge in [-0.1, -0.05) is 18.2 Å². The van der Waals surface area contributed by atoms with Crippen LogP contribution in [0.5, 0.6) is 0 Å². The van der Waals surface area contributed by atoms with Crippen LogP contribution in [0.25, 0.3) is 0 Å². The summed E-state index contributed by atoms with van der Waals surface area (Å²) in [6.45, 7) is 3.47. The number of rotatable bonds is 5. The van der Waals surface area contributed by atoms with Gasteiger partial charge in [0.15, 0.2) is 0 Å². The molecule has 1 aromatic rings. The molecular weight excluding hydrogens is 273 g/mol. The summed E-state index contributed by atoms with van der Waals surface area (Å²) < 4.78 is 37.5. The van der Waals surface area contributed by atoms with Crippen molar-refractivity contribution in [3.05, 3.63) is 48.0 Å². The molecule has 0 fully saturated rings. The van der Waals surface area contributed by atoms with Gasteiger partial charge in [-0.2, -0.15) is 13.2 Å². The molecule has 0 unspecified atom stereocenters. The van der Waals surface area contributed by atoms with Crippen molar-refractivity contribution in [2.45, 2.75) is 12.3 Å². The number of carbonyl (C=O) groups is 1. The predicted octanol–water partition coefficient (Wildman–Crippen LogP) is 2.22. The van der Waals surface area contributed by atoms with E-state index in [2.05, 4.69) is 17.2 Å². The van der Waals surface area contributed by atoms with Crippen molar-refractivity contribution < 1.29 is 23.1 Å². The second-order valence-corrected chi connectivity index (χ2v) is 4.02. The lowest BCUT2D eigenvalue weighted by atomic mass is 10.1. The first-order valence-corrected chi connectivity index (χ1v) is 5.82. The van der Waals surface area contributed by atoms with Crippen LogP contribution < -0.4 is 10.6 Å². The van der Waals surface area contributed by atoms with E-state index in [1.54, 1.807) is 0 Å². The van der Waals surface area contributed by atoms with E-state index in [1.165, 1.54) is 18.2 Å². The van der Waals surface area contributed by atoms with Crippen LogP contribution in [0.4, 0.5) is 18.0 Å².